The number of benzene rings is 2. The van der Waals surface area contributed by atoms with Gasteiger partial charge in [-0.05, 0) is 29.8 Å². The summed E-state index contributed by atoms with van der Waals surface area (Å²) in [7, 11) is 0. The second kappa shape index (κ2) is 7.23. The van der Waals surface area contributed by atoms with Crippen LogP contribution in [-0.4, -0.2) is 27.6 Å². The molecule has 25 heavy (non-hydrogen) atoms. The van der Waals surface area contributed by atoms with Crippen molar-refractivity contribution in [3.8, 4) is 0 Å². The molecule has 3 aromatic rings. The van der Waals surface area contributed by atoms with E-state index in [0.717, 1.165) is 5.56 Å². The van der Waals surface area contributed by atoms with Crippen LogP contribution in [0.3, 0.4) is 0 Å². The average molecular weight is 377 g/mol. The Bertz CT molecular complexity index is 949. The molecule has 128 valence electrons. The van der Waals surface area contributed by atoms with Gasteiger partial charge in [0.05, 0.1) is 27.2 Å². The van der Waals surface area contributed by atoms with Gasteiger partial charge in [0.25, 0.3) is 0 Å². The molecule has 2 aromatic carbocycles. The van der Waals surface area contributed by atoms with Crippen molar-refractivity contribution in [2.24, 2.45) is 5.73 Å². The van der Waals surface area contributed by atoms with Crippen molar-refractivity contribution in [3.63, 3.8) is 0 Å². The molecule has 0 radical (unpaired) electrons. The van der Waals surface area contributed by atoms with Gasteiger partial charge in [0.2, 0.25) is 0 Å². The van der Waals surface area contributed by atoms with Crippen LogP contribution in [0.2, 0.25) is 10.0 Å². The second-order valence-corrected chi connectivity index (χ2v) is 6.15. The molecule has 0 aliphatic rings. The summed E-state index contributed by atoms with van der Waals surface area (Å²) in [4.78, 5) is 19.7. The van der Waals surface area contributed by atoms with Gasteiger partial charge in [-0.15, -0.1) is 0 Å². The van der Waals surface area contributed by atoms with E-state index in [0.29, 0.717) is 26.8 Å². The van der Waals surface area contributed by atoms with Crippen molar-refractivity contribution in [2.45, 2.75) is 6.04 Å². The van der Waals surface area contributed by atoms with Gasteiger partial charge in [-0.2, -0.15) is 0 Å². The van der Waals surface area contributed by atoms with Crippen LogP contribution in [0.4, 0.5) is 5.82 Å². The fraction of sp³-hybridized carbons (Fsp3) is 0.118. The number of rotatable bonds is 5. The third-order valence-corrected chi connectivity index (χ3v) is 4.53. The van der Waals surface area contributed by atoms with Crippen LogP contribution in [0.5, 0.6) is 0 Å². The molecule has 0 saturated heterocycles. The van der Waals surface area contributed by atoms with Crippen LogP contribution in [0, 0.1) is 0 Å². The van der Waals surface area contributed by atoms with Crippen molar-refractivity contribution in [3.05, 3.63) is 63.9 Å². The standard InChI is InChI=1S/C17H14Cl2N4O2/c18-12-5-4-9(6-13(12)19)14(7-20)23-16-10-2-1-3-11(17(24)25)15(10)21-8-22-16/h1-6,8,14H,7,20H2,(H,24,25)(H,21,22,23). The van der Waals surface area contributed by atoms with Crippen LogP contribution >= 0.6 is 23.2 Å². The summed E-state index contributed by atoms with van der Waals surface area (Å²) < 4.78 is 0. The van der Waals surface area contributed by atoms with Crippen LogP contribution in [0.15, 0.2) is 42.7 Å². The van der Waals surface area contributed by atoms with Gasteiger partial charge in [0.15, 0.2) is 0 Å². The minimum atomic E-state index is -1.05. The molecule has 1 aromatic heterocycles. The van der Waals surface area contributed by atoms with Crippen LogP contribution in [-0.2, 0) is 0 Å². The highest BCUT2D eigenvalue weighted by Crippen LogP contribution is 2.29. The van der Waals surface area contributed by atoms with Crippen molar-refractivity contribution in [1.29, 1.82) is 0 Å². The summed E-state index contributed by atoms with van der Waals surface area (Å²) in [5, 5.41) is 14.0. The second-order valence-electron chi connectivity index (χ2n) is 5.34. The SMILES string of the molecule is NCC(Nc1ncnc2c(C(=O)O)cccc12)c1ccc(Cl)c(Cl)c1. The number of anilines is 1. The summed E-state index contributed by atoms with van der Waals surface area (Å²) >= 11 is 12.0. The number of aromatic carboxylic acids is 1. The molecule has 0 spiro atoms. The van der Waals surface area contributed by atoms with E-state index < -0.39 is 5.97 Å². The molecule has 0 aliphatic carbocycles. The summed E-state index contributed by atoms with van der Waals surface area (Å²) in [6.07, 6.45) is 1.32. The van der Waals surface area contributed by atoms with Crippen LogP contribution in [0.25, 0.3) is 10.9 Å². The summed E-state index contributed by atoms with van der Waals surface area (Å²) in [5.74, 6) is -0.551. The number of halogens is 2. The topological polar surface area (TPSA) is 101 Å². The van der Waals surface area contributed by atoms with E-state index in [1.54, 1.807) is 24.3 Å². The van der Waals surface area contributed by atoms with Gasteiger partial charge in [-0.3, -0.25) is 0 Å². The number of hydrogen-bond donors (Lipinski definition) is 3. The lowest BCUT2D eigenvalue weighted by molar-refractivity contribution is 0.0699. The highest BCUT2D eigenvalue weighted by atomic mass is 35.5. The molecule has 0 saturated carbocycles. The molecule has 1 unspecified atom stereocenters. The molecule has 0 amide bonds. The van der Waals surface area contributed by atoms with Gasteiger partial charge in [0, 0.05) is 11.9 Å². The van der Waals surface area contributed by atoms with Gasteiger partial charge >= 0.3 is 5.97 Å². The zero-order valence-corrected chi connectivity index (χ0v) is 14.4. The van der Waals surface area contributed by atoms with Gasteiger partial charge in [0.1, 0.15) is 12.1 Å². The fourth-order valence-electron chi connectivity index (χ4n) is 2.55. The normalized spacial score (nSPS) is 12.1. The summed E-state index contributed by atoms with van der Waals surface area (Å²) in [6, 6.07) is 9.89. The van der Waals surface area contributed by atoms with Crippen LogP contribution < -0.4 is 11.1 Å². The number of nitrogens with two attached hydrogens (primary N) is 1. The predicted molar refractivity (Wildman–Crippen MR) is 98.4 cm³/mol. The molecule has 1 atom stereocenters. The van der Waals surface area contributed by atoms with E-state index in [9.17, 15) is 9.90 Å². The first kappa shape index (κ1) is 17.4. The Morgan fingerprint density at radius 2 is 2.00 bits per heavy atom. The molecule has 8 heteroatoms. The first-order valence-electron chi connectivity index (χ1n) is 7.40. The van der Waals surface area contributed by atoms with Crippen molar-refractivity contribution in [1.82, 2.24) is 9.97 Å². The minimum absolute atomic E-state index is 0.113. The molecular weight excluding hydrogens is 363 g/mol. The maximum Gasteiger partial charge on any atom is 0.337 e. The highest BCUT2D eigenvalue weighted by molar-refractivity contribution is 6.42. The number of aromatic nitrogens is 2. The molecule has 1 heterocycles. The zero-order chi connectivity index (χ0) is 18.0. The number of carboxylic acid groups (broad SMARTS) is 1. The Morgan fingerprint density at radius 3 is 2.68 bits per heavy atom. The summed E-state index contributed by atoms with van der Waals surface area (Å²) in [5.41, 5.74) is 7.20. The Hall–Kier alpha value is -2.41. The molecule has 0 aliphatic heterocycles. The Kier molecular flexibility index (Phi) is 5.03. The molecular formula is C17H14Cl2N4O2. The monoisotopic (exact) mass is 376 g/mol. The number of carboxylic acids is 1. The lowest BCUT2D eigenvalue weighted by Crippen LogP contribution is -2.21. The van der Waals surface area contributed by atoms with E-state index >= 15 is 0 Å². The average Bonchev–Trinajstić information content (AvgIpc) is 2.61. The maximum absolute atomic E-state index is 11.4. The quantitative estimate of drug-likeness (QED) is 0.626. The van der Waals surface area contributed by atoms with Crippen LogP contribution in [0.1, 0.15) is 22.0 Å². The first-order chi connectivity index (χ1) is 12.0. The minimum Gasteiger partial charge on any atom is -0.478 e. The lowest BCUT2D eigenvalue weighted by Gasteiger charge is -2.19. The molecule has 0 bridgehead atoms. The Labute approximate surface area is 153 Å². The van der Waals surface area contributed by atoms with E-state index in [1.807, 2.05) is 6.07 Å². The molecule has 6 nitrogen and oxygen atoms in total. The molecule has 3 rings (SSSR count). The van der Waals surface area contributed by atoms with E-state index in [1.165, 1.54) is 12.4 Å². The maximum atomic E-state index is 11.4. The summed E-state index contributed by atoms with van der Waals surface area (Å²) in [6.45, 7) is 0.280. The zero-order valence-electron chi connectivity index (χ0n) is 12.9. The number of carbonyl (C=O) groups is 1. The number of nitrogens with zero attached hydrogens (tertiary/aromatic N) is 2. The van der Waals surface area contributed by atoms with Crippen molar-refractivity contribution in [2.75, 3.05) is 11.9 Å². The van der Waals surface area contributed by atoms with Gasteiger partial charge in [-0.25, -0.2) is 14.8 Å². The Morgan fingerprint density at radius 1 is 1.20 bits per heavy atom. The van der Waals surface area contributed by atoms with Gasteiger partial charge in [-0.1, -0.05) is 35.3 Å². The van der Waals surface area contributed by atoms with Crippen molar-refractivity contribution >= 4 is 45.9 Å². The number of fused-ring (bicyclic) bond motifs is 1. The molecule has 4 N–H and O–H groups in total. The number of para-hydroxylation sites is 1. The van der Waals surface area contributed by atoms with E-state index in [4.69, 9.17) is 28.9 Å². The third kappa shape index (κ3) is 3.51. The van der Waals surface area contributed by atoms with Gasteiger partial charge < -0.3 is 16.2 Å². The number of hydrogen-bond acceptors (Lipinski definition) is 5. The predicted octanol–water partition coefficient (Wildman–Crippen LogP) is 3.75. The van der Waals surface area contributed by atoms with E-state index in [2.05, 4.69) is 15.3 Å². The smallest absolute Gasteiger partial charge is 0.337 e. The lowest BCUT2D eigenvalue weighted by atomic mass is 10.1. The first-order valence-corrected chi connectivity index (χ1v) is 8.15. The highest BCUT2D eigenvalue weighted by Gasteiger charge is 2.16. The molecule has 0 fully saturated rings. The number of nitrogens with one attached hydrogen (secondary N) is 1. The third-order valence-electron chi connectivity index (χ3n) is 3.79. The fourth-order valence-corrected chi connectivity index (χ4v) is 2.85. The Balaban J connectivity index is 2.02. The largest absolute Gasteiger partial charge is 0.478 e. The van der Waals surface area contributed by atoms with Crippen molar-refractivity contribution < 1.29 is 9.90 Å². The van der Waals surface area contributed by atoms with E-state index in [-0.39, 0.29) is 18.2 Å².